The molecule has 0 radical (unpaired) electrons. The van der Waals surface area contributed by atoms with Gasteiger partial charge in [-0.25, -0.2) is 9.37 Å². The Balaban J connectivity index is 1.69. The van der Waals surface area contributed by atoms with Crippen LogP contribution in [0.1, 0.15) is 23.8 Å². The molecule has 1 amide bonds. The van der Waals surface area contributed by atoms with E-state index in [4.69, 9.17) is 0 Å². The number of carbonyl (C=O) groups excluding carboxylic acids is 1. The predicted molar refractivity (Wildman–Crippen MR) is 102 cm³/mol. The zero-order chi connectivity index (χ0) is 21.6. The maximum absolute atomic E-state index is 13.1. The van der Waals surface area contributed by atoms with Crippen molar-refractivity contribution in [2.24, 2.45) is 5.92 Å². The molecule has 156 valence electrons. The van der Waals surface area contributed by atoms with Crippen LogP contribution in [0.5, 0.6) is 0 Å². The molecule has 2 N–H and O–H groups in total. The topological polar surface area (TPSA) is 75.1 Å². The first-order chi connectivity index (χ1) is 14.1. The number of pyridine rings is 2. The number of aliphatic hydroxyl groups is 1. The highest BCUT2D eigenvalue weighted by Gasteiger charge is 2.44. The first kappa shape index (κ1) is 20.2. The van der Waals surface area contributed by atoms with Crippen molar-refractivity contribution in [3.05, 3.63) is 54.0 Å². The molecule has 1 saturated carbocycles. The number of aromatic nitrogens is 2. The molecule has 9 heteroatoms. The van der Waals surface area contributed by atoms with Gasteiger partial charge in [-0.15, -0.1) is 0 Å². The number of aliphatic hydroxyl groups excluding tert-OH is 1. The Morgan fingerprint density at radius 1 is 1.20 bits per heavy atom. The molecule has 1 fully saturated rings. The summed E-state index contributed by atoms with van der Waals surface area (Å²) >= 11 is 0. The van der Waals surface area contributed by atoms with Crippen molar-refractivity contribution >= 4 is 22.5 Å². The van der Waals surface area contributed by atoms with Gasteiger partial charge in [0.2, 0.25) is 5.91 Å². The van der Waals surface area contributed by atoms with Gasteiger partial charge in [0.15, 0.2) is 6.10 Å². The Morgan fingerprint density at radius 3 is 2.60 bits per heavy atom. The van der Waals surface area contributed by atoms with E-state index in [0.29, 0.717) is 21.9 Å². The Bertz CT molecular complexity index is 1130. The summed E-state index contributed by atoms with van der Waals surface area (Å²) < 4.78 is 52.3. The van der Waals surface area contributed by atoms with E-state index in [2.05, 4.69) is 15.3 Å². The summed E-state index contributed by atoms with van der Waals surface area (Å²) in [6.45, 7) is 1.64. The van der Waals surface area contributed by atoms with Crippen molar-refractivity contribution in [1.82, 2.24) is 9.97 Å². The fourth-order valence-corrected chi connectivity index (χ4v) is 3.34. The summed E-state index contributed by atoms with van der Waals surface area (Å²) in [6, 6.07) is 8.10. The number of hydrogen-bond acceptors (Lipinski definition) is 4. The van der Waals surface area contributed by atoms with Crippen LogP contribution in [0.15, 0.2) is 42.7 Å². The summed E-state index contributed by atoms with van der Waals surface area (Å²) in [7, 11) is 0. The Hall–Kier alpha value is -3.07. The zero-order valence-corrected chi connectivity index (χ0v) is 15.7. The highest BCUT2D eigenvalue weighted by molar-refractivity contribution is 5.96. The number of carbonyl (C=O) groups is 1. The maximum Gasteiger partial charge on any atom is 0.420 e. The molecule has 1 aliphatic rings. The summed E-state index contributed by atoms with van der Waals surface area (Å²) in [5.41, 5.74) is 0.709. The SMILES string of the molecule is Cc1ccnc([C@H](O)C(F)(F)F)c1-c1ccc2cc(NC(=O)C3C[C@@H]3F)ncc2c1. The Morgan fingerprint density at radius 2 is 1.93 bits per heavy atom. The summed E-state index contributed by atoms with van der Waals surface area (Å²) in [5.74, 6) is -0.801. The number of halogens is 4. The van der Waals surface area contributed by atoms with Crippen molar-refractivity contribution in [2.45, 2.75) is 31.8 Å². The van der Waals surface area contributed by atoms with Crippen LogP contribution < -0.4 is 5.32 Å². The third-order valence-electron chi connectivity index (χ3n) is 5.07. The largest absolute Gasteiger partial charge is 0.420 e. The minimum atomic E-state index is -4.85. The molecule has 2 heterocycles. The lowest BCUT2D eigenvalue weighted by atomic mass is 9.95. The van der Waals surface area contributed by atoms with E-state index in [1.807, 2.05) is 0 Å². The van der Waals surface area contributed by atoms with Crippen molar-refractivity contribution in [1.29, 1.82) is 0 Å². The molecule has 1 unspecified atom stereocenters. The van der Waals surface area contributed by atoms with Gasteiger partial charge in [-0.1, -0.05) is 12.1 Å². The van der Waals surface area contributed by atoms with Gasteiger partial charge in [0, 0.05) is 23.3 Å². The number of rotatable bonds is 4. The number of nitrogens with zero attached hydrogens (tertiary/aromatic N) is 2. The van der Waals surface area contributed by atoms with E-state index in [1.165, 1.54) is 12.4 Å². The second-order valence-corrected chi connectivity index (χ2v) is 7.31. The van der Waals surface area contributed by atoms with Crippen molar-refractivity contribution in [2.75, 3.05) is 5.32 Å². The van der Waals surface area contributed by atoms with Crippen molar-refractivity contribution < 1.29 is 27.5 Å². The molecule has 5 nitrogen and oxygen atoms in total. The first-order valence-corrected chi connectivity index (χ1v) is 9.20. The third-order valence-corrected chi connectivity index (χ3v) is 5.07. The Kier molecular flexibility index (Phi) is 4.93. The van der Waals surface area contributed by atoms with Gasteiger partial charge < -0.3 is 10.4 Å². The van der Waals surface area contributed by atoms with Crippen molar-refractivity contribution in [3.63, 3.8) is 0 Å². The summed E-state index contributed by atoms with van der Waals surface area (Å²) in [4.78, 5) is 19.8. The van der Waals surface area contributed by atoms with E-state index < -0.39 is 36.0 Å². The monoisotopic (exact) mass is 419 g/mol. The van der Waals surface area contributed by atoms with Gasteiger partial charge in [-0.2, -0.15) is 13.2 Å². The smallest absolute Gasteiger partial charge is 0.378 e. The molecule has 1 aromatic carbocycles. The highest BCUT2D eigenvalue weighted by Crippen LogP contribution is 2.39. The van der Waals surface area contributed by atoms with E-state index >= 15 is 0 Å². The molecule has 2 aromatic heterocycles. The lowest BCUT2D eigenvalue weighted by Crippen LogP contribution is -2.22. The minimum Gasteiger partial charge on any atom is -0.378 e. The van der Waals surface area contributed by atoms with Gasteiger partial charge in [0.05, 0.1) is 11.6 Å². The second-order valence-electron chi connectivity index (χ2n) is 7.31. The molecule has 4 rings (SSSR count). The van der Waals surface area contributed by atoms with Crippen molar-refractivity contribution in [3.8, 4) is 11.1 Å². The van der Waals surface area contributed by atoms with E-state index in [1.54, 1.807) is 37.3 Å². The first-order valence-electron chi connectivity index (χ1n) is 9.20. The van der Waals surface area contributed by atoms with Gasteiger partial charge in [-0.3, -0.25) is 9.78 Å². The average Bonchev–Trinajstić information content (AvgIpc) is 3.43. The normalized spacial score (nSPS) is 19.5. The number of fused-ring (bicyclic) bond motifs is 1. The van der Waals surface area contributed by atoms with Crippen LogP contribution in [0.2, 0.25) is 0 Å². The molecular formula is C21H17F4N3O2. The molecule has 0 saturated heterocycles. The van der Waals surface area contributed by atoms with Crippen LogP contribution in [-0.4, -0.2) is 33.3 Å². The molecule has 0 spiro atoms. The minimum absolute atomic E-state index is 0.198. The molecule has 3 aromatic rings. The van der Waals surface area contributed by atoms with Gasteiger partial charge >= 0.3 is 6.18 Å². The summed E-state index contributed by atoms with van der Waals surface area (Å²) in [5, 5.41) is 13.6. The van der Waals surface area contributed by atoms with Gasteiger partial charge in [-0.05, 0) is 48.1 Å². The lowest BCUT2D eigenvalue weighted by molar-refractivity contribution is -0.207. The van der Waals surface area contributed by atoms with Crippen LogP contribution >= 0.6 is 0 Å². The molecule has 0 aliphatic heterocycles. The number of alkyl halides is 4. The molecular weight excluding hydrogens is 402 g/mol. The number of amides is 1. The standard InChI is InChI=1S/C21H17F4N3O2/c1-10-4-5-26-18(19(29)21(23,24)25)17(10)12-3-2-11-7-16(27-9-13(11)6-12)28-20(30)14-8-15(14)22/h2-7,9,14-15,19,29H,8H2,1H3,(H,27,28,30)/t14?,15-,19-/m0/s1. The van der Waals surface area contributed by atoms with Gasteiger partial charge in [0.25, 0.3) is 0 Å². The predicted octanol–water partition coefficient (Wildman–Crippen LogP) is 4.50. The van der Waals surface area contributed by atoms with Crippen LogP contribution in [0.4, 0.5) is 23.4 Å². The second kappa shape index (κ2) is 7.32. The lowest BCUT2D eigenvalue weighted by Gasteiger charge is -2.19. The average molecular weight is 419 g/mol. The van der Waals surface area contributed by atoms with E-state index in [-0.39, 0.29) is 17.8 Å². The highest BCUT2D eigenvalue weighted by atomic mass is 19.4. The fraction of sp³-hybridized carbons (Fsp3) is 0.286. The number of benzene rings is 1. The summed E-state index contributed by atoms with van der Waals surface area (Å²) in [6.07, 6.45) is -5.76. The zero-order valence-electron chi connectivity index (χ0n) is 15.7. The van der Waals surface area contributed by atoms with Gasteiger partial charge in [0.1, 0.15) is 12.0 Å². The number of aryl methyl sites for hydroxylation is 1. The molecule has 1 aliphatic carbocycles. The molecule has 3 atom stereocenters. The van der Waals surface area contributed by atoms with E-state index in [9.17, 15) is 27.5 Å². The number of nitrogens with one attached hydrogen (secondary N) is 1. The quantitative estimate of drug-likeness (QED) is 0.611. The molecule has 0 bridgehead atoms. The number of hydrogen-bond donors (Lipinski definition) is 2. The Labute approximate surface area is 168 Å². The maximum atomic E-state index is 13.1. The van der Waals surface area contributed by atoms with E-state index in [0.717, 1.165) is 0 Å². The van der Waals surface area contributed by atoms with Crippen LogP contribution in [-0.2, 0) is 4.79 Å². The van der Waals surface area contributed by atoms with Crippen LogP contribution in [0, 0.1) is 12.8 Å². The molecule has 30 heavy (non-hydrogen) atoms. The third kappa shape index (κ3) is 3.85. The number of anilines is 1. The fourth-order valence-electron chi connectivity index (χ4n) is 3.34. The van der Waals surface area contributed by atoms with Crippen LogP contribution in [0.25, 0.3) is 21.9 Å². The van der Waals surface area contributed by atoms with Crippen LogP contribution in [0.3, 0.4) is 0 Å².